The Hall–Kier alpha value is -4.50. The van der Waals surface area contributed by atoms with Crippen molar-refractivity contribution in [2.45, 2.75) is 0 Å². The van der Waals surface area contributed by atoms with Crippen molar-refractivity contribution < 1.29 is 38.0 Å². The molecule has 0 radical (unpaired) electrons. The minimum Gasteiger partial charge on any atom is -0.496 e. The van der Waals surface area contributed by atoms with E-state index in [0.29, 0.717) is 44.9 Å². The van der Waals surface area contributed by atoms with Gasteiger partial charge in [0.05, 0.1) is 39.6 Å². The average Bonchev–Trinajstić information content (AvgIpc) is 3.28. The van der Waals surface area contributed by atoms with Crippen LogP contribution in [-0.2, 0) is 9.53 Å². The topological polar surface area (TPSA) is 102 Å². The van der Waals surface area contributed by atoms with E-state index in [0.717, 1.165) is 0 Å². The number of benzene rings is 3. The summed E-state index contributed by atoms with van der Waals surface area (Å²) in [7, 11) is 5.88. The standard InChI is InChI=1S/C27H22ClNO8/c1-32-21-10-7-17(28)14-19(21)25-29-20(27(31)37-25)11-15-5-8-18(9-6-15)36-26(30)16-12-22(33-2)24(35-4)23(13-16)34-3/h5-14H,1-4H3/b20-11-. The number of halogens is 1. The van der Waals surface area contributed by atoms with Gasteiger partial charge in [-0.05, 0) is 54.1 Å². The van der Waals surface area contributed by atoms with Crippen LogP contribution in [0.3, 0.4) is 0 Å². The van der Waals surface area contributed by atoms with E-state index in [4.69, 9.17) is 40.0 Å². The van der Waals surface area contributed by atoms with Gasteiger partial charge in [0, 0.05) is 5.02 Å². The van der Waals surface area contributed by atoms with Crippen molar-refractivity contribution in [1.29, 1.82) is 0 Å². The van der Waals surface area contributed by atoms with Crippen LogP contribution < -0.4 is 23.7 Å². The lowest BCUT2D eigenvalue weighted by molar-refractivity contribution is -0.129. The van der Waals surface area contributed by atoms with Crippen LogP contribution >= 0.6 is 11.6 Å². The molecule has 0 bridgehead atoms. The Morgan fingerprint density at radius 2 is 1.51 bits per heavy atom. The number of methoxy groups -OCH3 is 4. The first-order valence-corrected chi connectivity index (χ1v) is 11.2. The number of ether oxygens (including phenoxy) is 6. The number of rotatable bonds is 8. The number of hydrogen-bond acceptors (Lipinski definition) is 9. The molecule has 0 fully saturated rings. The molecule has 3 aromatic rings. The van der Waals surface area contributed by atoms with Gasteiger partial charge in [-0.15, -0.1) is 0 Å². The van der Waals surface area contributed by atoms with Crippen molar-refractivity contribution in [3.05, 3.63) is 82.0 Å². The second kappa shape index (κ2) is 11.0. The van der Waals surface area contributed by atoms with Crippen LogP contribution in [0.2, 0.25) is 5.02 Å². The molecule has 1 heterocycles. The van der Waals surface area contributed by atoms with E-state index in [1.165, 1.54) is 40.6 Å². The molecule has 0 N–H and O–H groups in total. The Balaban J connectivity index is 1.52. The number of carbonyl (C=O) groups excluding carboxylic acids is 2. The fraction of sp³-hybridized carbons (Fsp3) is 0.148. The highest BCUT2D eigenvalue weighted by Gasteiger charge is 2.26. The van der Waals surface area contributed by atoms with Gasteiger partial charge in [-0.2, -0.15) is 0 Å². The molecule has 37 heavy (non-hydrogen) atoms. The zero-order valence-corrected chi connectivity index (χ0v) is 21.1. The maximum absolute atomic E-state index is 12.7. The van der Waals surface area contributed by atoms with Crippen LogP contribution in [0.25, 0.3) is 6.08 Å². The highest BCUT2D eigenvalue weighted by atomic mass is 35.5. The first kappa shape index (κ1) is 25.6. The Bertz CT molecular complexity index is 1390. The minimum atomic E-state index is -0.616. The molecule has 1 aliphatic rings. The normalized spacial score (nSPS) is 13.6. The fourth-order valence-electron chi connectivity index (χ4n) is 3.53. The van der Waals surface area contributed by atoms with E-state index >= 15 is 0 Å². The summed E-state index contributed by atoms with van der Waals surface area (Å²) in [6, 6.07) is 14.4. The maximum Gasteiger partial charge on any atom is 0.363 e. The van der Waals surface area contributed by atoms with Crippen molar-refractivity contribution >= 4 is 35.5 Å². The summed E-state index contributed by atoms with van der Waals surface area (Å²) in [5.41, 5.74) is 1.41. The molecule has 4 rings (SSSR count). The van der Waals surface area contributed by atoms with Crippen LogP contribution in [0.5, 0.6) is 28.7 Å². The fourth-order valence-corrected chi connectivity index (χ4v) is 3.70. The third-order valence-corrected chi connectivity index (χ3v) is 5.54. The van der Waals surface area contributed by atoms with Gasteiger partial charge in [-0.25, -0.2) is 14.6 Å². The number of hydrogen-bond donors (Lipinski definition) is 0. The molecular formula is C27H22ClNO8. The van der Waals surface area contributed by atoms with Crippen LogP contribution in [0, 0.1) is 0 Å². The van der Waals surface area contributed by atoms with Crippen LogP contribution in [-0.4, -0.2) is 46.3 Å². The quantitative estimate of drug-likeness (QED) is 0.232. The predicted molar refractivity (Wildman–Crippen MR) is 136 cm³/mol. The third-order valence-electron chi connectivity index (χ3n) is 5.31. The lowest BCUT2D eigenvalue weighted by atomic mass is 10.1. The van der Waals surface area contributed by atoms with Gasteiger partial charge in [-0.3, -0.25) is 0 Å². The van der Waals surface area contributed by atoms with Crippen LogP contribution in [0.15, 0.2) is 65.3 Å². The van der Waals surface area contributed by atoms with E-state index < -0.39 is 11.9 Å². The molecule has 0 saturated carbocycles. The number of aliphatic imine (C=N–C) groups is 1. The van der Waals surface area contributed by atoms with Crippen molar-refractivity contribution in [3.63, 3.8) is 0 Å². The van der Waals surface area contributed by atoms with Gasteiger partial charge in [-0.1, -0.05) is 23.7 Å². The van der Waals surface area contributed by atoms with Crippen LogP contribution in [0.4, 0.5) is 0 Å². The van der Waals surface area contributed by atoms with E-state index in [1.54, 1.807) is 48.5 Å². The summed E-state index contributed by atoms with van der Waals surface area (Å²) in [5, 5.41) is 0.448. The summed E-state index contributed by atoms with van der Waals surface area (Å²) < 4.78 is 31.9. The molecule has 0 unspecified atom stereocenters. The van der Waals surface area contributed by atoms with Gasteiger partial charge in [0.15, 0.2) is 17.2 Å². The van der Waals surface area contributed by atoms with Gasteiger partial charge >= 0.3 is 11.9 Å². The first-order chi connectivity index (χ1) is 17.9. The summed E-state index contributed by atoms with van der Waals surface area (Å²) in [5.74, 6) is 0.641. The second-order valence-corrected chi connectivity index (χ2v) is 7.99. The second-order valence-electron chi connectivity index (χ2n) is 7.55. The Morgan fingerprint density at radius 1 is 0.865 bits per heavy atom. The van der Waals surface area contributed by atoms with Gasteiger partial charge < -0.3 is 28.4 Å². The Morgan fingerprint density at radius 3 is 2.11 bits per heavy atom. The summed E-state index contributed by atoms with van der Waals surface area (Å²) in [4.78, 5) is 29.4. The molecule has 0 amide bonds. The van der Waals surface area contributed by atoms with Crippen LogP contribution in [0.1, 0.15) is 21.5 Å². The predicted octanol–water partition coefficient (Wildman–Crippen LogP) is 4.94. The monoisotopic (exact) mass is 523 g/mol. The number of esters is 2. The molecule has 0 aliphatic carbocycles. The van der Waals surface area contributed by atoms with E-state index in [-0.39, 0.29) is 17.2 Å². The van der Waals surface area contributed by atoms with Gasteiger partial charge in [0.1, 0.15) is 11.5 Å². The summed E-state index contributed by atoms with van der Waals surface area (Å²) in [6.45, 7) is 0. The number of carbonyl (C=O) groups is 2. The average molecular weight is 524 g/mol. The van der Waals surface area contributed by atoms with Crippen molar-refractivity contribution in [2.24, 2.45) is 4.99 Å². The zero-order chi connectivity index (χ0) is 26.5. The molecule has 0 aromatic heterocycles. The first-order valence-electron chi connectivity index (χ1n) is 10.9. The molecule has 3 aromatic carbocycles. The van der Waals surface area contributed by atoms with Crippen molar-refractivity contribution in [1.82, 2.24) is 0 Å². The molecule has 190 valence electrons. The Kier molecular flexibility index (Phi) is 7.64. The van der Waals surface area contributed by atoms with Gasteiger partial charge in [0.25, 0.3) is 0 Å². The van der Waals surface area contributed by atoms with E-state index in [2.05, 4.69) is 4.99 Å². The highest BCUT2D eigenvalue weighted by molar-refractivity contribution is 6.31. The van der Waals surface area contributed by atoms with E-state index in [1.807, 2.05) is 0 Å². The van der Waals surface area contributed by atoms with Gasteiger partial charge in [0.2, 0.25) is 11.6 Å². The smallest absolute Gasteiger partial charge is 0.363 e. The molecule has 0 spiro atoms. The molecule has 0 atom stereocenters. The summed E-state index contributed by atoms with van der Waals surface area (Å²) >= 11 is 6.07. The lowest BCUT2D eigenvalue weighted by Crippen LogP contribution is -2.09. The molecule has 9 nitrogen and oxygen atoms in total. The lowest BCUT2D eigenvalue weighted by Gasteiger charge is -2.13. The zero-order valence-electron chi connectivity index (χ0n) is 20.4. The number of nitrogens with zero attached hydrogens (tertiary/aromatic N) is 1. The summed E-state index contributed by atoms with van der Waals surface area (Å²) in [6.07, 6.45) is 1.55. The Labute approximate surface area is 217 Å². The molecule has 1 aliphatic heterocycles. The molecule has 0 saturated heterocycles. The van der Waals surface area contributed by atoms with Crippen molar-refractivity contribution in [3.8, 4) is 28.7 Å². The van der Waals surface area contributed by atoms with E-state index in [9.17, 15) is 9.59 Å². The minimum absolute atomic E-state index is 0.0894. The largest absolute Gasteiger partial charge is 0.496 e. The SMILES string of the molecule is COc1ccc(Cl)cc1C1=N/C(=C\c2ccc(OC(=O)c3cc(OC)c(OC)c(OC)c3)cc2)C(=O)O1. The van der Waals surface area contributed by atoms with Crippen molar-refractivity contribution in [2.75, 3.05) is 28.4 Å². The molecular weight excluding hydrogens is 502 g/mol. The third kappa shape index (κ3) is 5.52. The maximum atomic E-state index is 12.7. The number of cyclic esters (lactones) is 1. The molecule has 10 heteroatoms. The highest BCUT2D eigenvalue weighted by Crippen LogP contribution is 2.38.